The molecule has 6 heteroatoms. The van der Waals surface area contributed by atoms with Crippen LogP contribution in [-0.4, -0.2) is 47.8 Å². The number of hydrogen-bond acceptors (Lipinski definition) is 3. The summed E-state index contributed by atoms with van der Waals surface area (Å²) in [6, 6.07) is 4.37. The smallest absolute Gasteiger partial charge is 0.237 e. The van der Waals surface area contributed by atoms with Gasteiger partial charge in [0.05, 0.1) is 9.33 Å². The topological polar surface area (TPSA) is 23.6 Å². The molecule has 19 heavy (non-hydrogen) atoms. The third-order valence-electron chi connectivity index (χ3n) is 4.11. The van der Waals surface area contributed by atoms with Gasteiger partial charge in [0, 0.05) is 31.1 Å². The Morgan fingerprint density at radius 2 is 2.00 bits per heavy atom. The maximum Gasteiger partial charge on any atom is 0.237 e. The number of piperazine rings is 1. The highest BCUT2D eigenvalue weighted by atomic mass is 79.9. The van der Waals surface area contributed by atoms with Crippen LogP contribution in [-0.2, 0) is 10.3 Å². The molecule has 0 atom stereocenters. The summed E-state index contributed by atoms with van der Waals surface area (Å²) >= 11 is 11.0. The van der Waals surface area contributed by atoms with E-state index >= 15 is 0 Å². The molecular weight excluding hydrogens is 348 g/mol. The van der Waals surface area contributed by atoms with Gasteiger partial charge in [-0.2, -0.15) is 0 Å². The molecule has 1 saturated carbocycles. The van der Waals surface area contributed by atoms with Gasteiger partial charge in [-0.3, -0.25) is 9.69 Å². The van der Waals surface area contributed by atoms with Crippen LogP contribution < -0.4 is 0 Å². The van der Waals surface area contributed by atoms with E-state index in [9.17, 15) is 4.79 Å². The van der Waals surface area contributed by atoms with E-state index in [-0.39, 0.29) is 17.3 Å². The molecular formula is C13H16BrClN2OS. The van der Waals surface area contributed by atoms with Gasteiger partial charge in [0.15, 0.2) is 0 Å². The van der Waals surface area contributed by atoms with Crippen molar-refractivity contribution in [3.63, 3.8) is 0 Å². The molecule has 1 aromatic heterocycles. The van der Waals surface area contributed by atoms with Crippen molar-refractivity contribution < 1.29 is 4.79 Å². The normalized spacial score (nSPS) is 22.5. The van der Waals surface area contributed by atoms with Crippen molar-refractivity contribution in [1.82, 2.24) is 9.80 Å². The second kappa shape index (κ2) is 5.35. The summed E-state index contributed by atoms with van der Waals surface area (Å²) in [4.78, 5) is 17.5. The third-order valence-corrected chi connectivity index (χ3v) is 6.15. The van der Waals surface area contributed by atoms with Crippen LogP contribution in [0.3, 0.4) is 0 Å². The Kier molecular flexibility index (Phi) is 3.91. The summed E-state index contributed by atoms with van der Waals surface area (Å²) in [6.45, 7) is 3.52. The number of halogens is 2. The van der Waals surface area contributed by atoms with E-state index in [0.717, 1.165) is 26.2 Å². The van der Waals surface area contributed by atoms with Crippen LogP contribution in [0.15, 0.2) is 15.9 Å². The summed E-state index contributed by atoms with van der Waals surface area (Å²) in [7, 11) is 0. The van der Waals surface area contributed by atoms with Gasteiger partial charge in [0.1, 0.15) is 5.88 Å². The molecule has 3 rings (SSSR count). The first-order chi connectivity index (χ1) is 9.15. The fourth-order valence-electron chi connectivity index (χ4n) is 2.87. The van der Waals surface area contributed by atoms with Crippen LogP contribution in [0.4, 0.5) is 0 Å². The van der Waals surface area contributed by atoms with Gasteiger partial charge in [-0.1, -0.05) is 0 Å². The van der Waals surface area contributed by atoms with Gasteiger partial charge in [0.25, 0.3) is 0 Å². The second-order valence-electron chi connectivity index (χ2n) is 5.14. The second-order valence-corrected chi connectivity index (χ2v) is 7.87. The van der Waals surface area contributed by atoms with Crippen molar-refractivity contribution in [2.24, 2.45) is 0 Å². The largest absolute Gasteiger partial charge is 0.339 e. The third kappa shape index (κ3) is 2.58. The monoisotopic (exact) mass is 362 g/mol. The maximum atomic E-state index is 11.6. The average Bonchev–Trinajstić information content (AvgIpc) is 3.14. The zero-order valence-corrected chi connectivity index (χ0v) is 13.7. The molecule has 104 valence electrons. The highest BCUT2D eigenvalue weighted by molar-refractivity contribution is 9.11. The summed E-state index contributed by atoms with van der Waals surface area (Å²) < 4.78 is 1.20. The van der Waals surface area contributed by atoms with Crippen molar-refractivity contribution in [3.05, 3.63) is 20.8 Å². The first kappa shape index (κ1) is 13.9. The number of rotatable bonds is 3. The van der Waals surface area contributed by atoms with Gasteiger partial charge < -0.3 is 4.90 Å². The van der Waals surface area contributed by atoms with Crippen LogP contribution in [0.2, 0.25) is 0 Å². The molecule has 0 aromatic carbocycles. The molecule has 2 aliphatic rings. The van der Waals surface area contributed by atoms with E-state index < -0.39 is 0 Å². The summed E-state index contributed by atoms with van der Waals surface area (Å²) in [5.41, 5.74) is 0.257. The van der Waals surface area contributed by atoms with Crippen LogP contribution >= 0.6 is 38.9 Å². The van der Waals surface area contributed by atoms with Crippen LogP contribution in [0, 0.1) is 0 Å². The van der Waals surface area contributed by atoms with Gasteiger partial charge in [-0.15, -0.1) is 22.9 Å². The summed E-state index contributed by atoms with van der Waals surface area (Å²) in [5, 5.41) is 0. The predicted molar refractivity (Wildman–Crippen MR) is 81.8 cm³/mol. The SMILES string of the molecule is O=C(CCl)N1CCN(C2(c3ccc(Br)s3)CC2)CC1. The first-order valence-electron chi connectivity index (χ1n) is 6.50. The number of carbonyl (C=O) groups is 1. The molecule has 0 N–H and O–H groups in total. The van der Waals surface area contributed by atoms with Gasteiger partial charge in [0.2, 0.25) is 5.91 Å². The molecule has 0 radical (unpaired) electrons. The van der Waals surface area contributed by atoms with Gasteiger partial charge >= 0.3 is 0 Å². The zero-order valence-electron chi connectivity index (χ0n) is 10.6. The Labute approximate surface area is 130 Å². The minimum atomic E-state index is 0.0602. The zero-order chi connectivity index (χ0) is 13.5. The molecule has 2 fully saturated rings. The van der Waals surface area contributed by atoms with Crippen molar-refractivity contribution >= 4 is 44.8 Å². The standard InChI is InChI=1S/C13H16BrClN2OS/c14-11-2-1-10(19-11)13(3-4-13)17-7-5-16(6-8-17)12(18)9-15/h1-2H,3-9H2. The lowest BCUT2D eigenvalue weighted by Crippen LogP contribution is -2.52. The Balaban J connectivity index is 1.67. The van der Waals surface area contributed by atoms with Crippen molar-refractivity contribution in [3.8, 4) is 0 Å². The lowest BCUT2D eigenvalue weighted by atomic mass is 10.1. The van der Waals surface area contributed by atoms with Crippen molar-refractivity contribution in [1.29, 1.82) is 0 Å². The fourth-order valence-corrected chi connectivity index (χ4v) is 4.70. The van der Waals surface area contributed by atoms with E-state index in [2.05, 4.69) is 33.0 Å². The Morgan fingerprint density at radius 1 is 1.32 bits per heavy atom. The van der Waals surface area contributed by atoms with E-state index in [4.69, 9.17) is 11.6 Å². The van der Waals surface area contributed by atoms with Crippen molar-refractivity contribution in [2.45, 2.75) is 18.4 Å². The average molecular weight is 364 g/mol. The highest BCUT2D eigenvalue weighted by Gasteiger charge is 2.50. The number of hydrogen-bond donors (Lipinski definition) is 0. The molecule has 1 aliphatic heterocycles. The molecule has 1 amide bonds. The Hall–Kier alpha value is -0.100. The Bertz CT molecular complexity index is 481. The molecule has 0 unspecified atom stereocenters. The van der Waals surface area contributed by atoms with Crippen LogP contribution in [0.1, 0.15) is 17.7 Å². The number of carbonyl (C=O) groups excluding carboxylic acids is 1. The quantitative estimate of drug-likeness (QED) is 0.771. The molecule has 0 spiro atoms. The number of thiophene rings is 1. The Morgan fingerprint density at radius 3 is 2.47 bits per heavy atom. The van der Waals surface area contributed by atoms with E-state index in [0.29, 0.717) is 0 Å². The summed E-state index contributed by atoms with van der Waals surface area (Å²) in [6.07, 6.45) is 2.48. The molecule has 1 aromatic rings. The van der Waals surface area contributed by atoms with E-state index in [1.54, 1.807) is 0 Å². The molecule has 2 heterocycles. The van der Waals surface area contributed by atoms with Crippen LogP contribution in [0.25, 0.3) is 0 Å². The predicted octanol–water partition coefficient (Wildman–Crippen LogP) is 2.88. The summed E-state index contributed by atoms with van der Waals surface area (Å²) in [5.74, 6) is 0.160. The van der Waals surface area contributed by atoms with Crippen molar-refractivity contribution in [2.75, 3.05) is 32.1 Å². The van der Waals surface area contributed by atoms with Gasteiger partial charge in [-0.25, -0.2) is 0 Å². The minimum absolute atomic E-state index is 0.0602. The number of amides is 1. The molecule has 1 saturated heterocycles. The van der Waals surface area contributed by atoms with Gasteiger partial charge in [-0.05, 0) is 40.9 Å². The highest BCUT2D eigenvalue weighted by Crippen LogP contribution is 2.53. The fraction of sp³-hybridized carbons (Fsp3) is 0.615. The molecule has 3 nitrogen and oxygen atoms in total. The van der Waals surface area contributed by atoms with E-state index in [1.807, 2.05) is 16.2 Å². The van der Waals surface area contributed by atoms with E-state index in [1.165, 1.54) is 21.5 Å². The number of alkyl halides is 1. The lowest BCUT2D eigenvalue weighted by Gasteiger charge is -2.39. The molecule has 1 aliphatic carbocycles. The van der Waals surface area contributed by atoms with Crippen LogP contribution in [0.5, 0.6) is 0 Å². The first-order valence-corrected chi connectivity index (χ1v) is 8.65. The lowest BCUT2D eigenvalue weighted by molar-refractivity contribution is -0.130. The number of nitrogens with zero attached hydrogens (tertiary/aromatic N) is 2. The molecule has 0 bridgehead atoms. The maximum absolute atomic E-state index is 11.6. The minimum Gasteiger partial charge on any atom is -0.339 e.